The molecule has 0 aromatic heterocycles. The summed E-state index contributed by atoms with van der Waals surface area (Å²) in [6.07, 6.45) is 1.34. The summed E-state index contributed by atoms with van der Waals surface area (Å²) in [6.45, 7) is 8.78. The minimum absolute atomic E-state index is 0.160. The van der Waals surface area contributed by atoms with Crippen LogP contribution in [-0.2, 0) is 4.74 Å². The number of rotatable bonds is 1. The van der Waals surface area contributed by atoms with E-state index in [0.29, 0.717) is 13.1 Å². The van der Waals surface area contributed by atoms with Crippen LogP contribution in [0.5, 0.6) is 0 Å². The number of aryl methyl sites for hydroxylation is 1. The number of amides is 1. The van der Waals surface area contributed by atoms with Gasteiger partial charge < -0.3 is 9.64 Å². The molecule has 1 aliphatic rings. The average Bonchev–Trinajstić information content (AvgIpc) is 2.41. The van der Waals surface area contributed by atoms with E-state index in [1.165, 1.54) is 6.07 Å². The maximum atomic E-state index is 13.7. The van der Waals surface area contributed by atoms with Crippen molar-refractivity contribution in [3.63, 3.8) is 0 Å². The van der Waals surface area contributed by atoms with E-state index < -0.39 is 5.60 Å². The fourth-order valence-corrected chi connectivity index (χ4v) is 3.02. The zero-order valence-electron chi connectivity index (χ0n) is 13.6. The Morgan fingerprint density at radius 3 is 2.45 bits per heavy atom. The number of piperidine rings is 1. The quantitative estimate of drug-likeness (QED) is 0.734. The Morgan fingerprint density at radius 1 is 1.32 bits per heavy atom. The van der Waals surface area contributed by atoms with Gasteiger partial charge in [0.2, 0.25) is 0 Å². The molecule has 0 radical (unpaired) electrons. The molecule has 1 aromatic rings. The first kappa shape index (κ1) is 17.1. The highest BCUT2D eigenvalue weighted by atomic mass is 35.5. The fraction of sp³-hybridized carbons (Fsp3) is 0.588. The van der Waals surface area contributed by atoms with Gasteiger partial charge in [-0.1, -0.05) is 11.6 Å². The Kier molecular flexibility index (Phi) is 5.00. The van der Waals surface area contributed by atoms with E-state index >= 15 is 0 Å². The molecule has 1 aliphatic heterocycles. The van der Waals surface area contributed by atoms with E-state index in [4.69, 9.17) is 16.3 Å². The maximum absolute atomic E-state index is 13.7. The largest absolute Gasteiger partial charge is 0.444 e. The number of halogens is 2. The molecule has 3 nitrogen and oxygen atoms in total. The first-order chi connectivity index (χ1) is 10.2. The van der Waals surface area contributed by atoms with E-state index in [1.807, 2.05) is 27.7 Å². The number of carbonyl (C=O) groups excluding carboxylic acids is 1. The van der Waals surface area contributed by atoms with Crippen LogP contribution in [0.15, 0.2) is 12.1 Å². The lowest BCUT2D eigenvalue weighted by Gasteiger charge is -2.34. The molecule has 0 aliphatic carbocycles. The van der Waals surface area contributed by atoms with Gasteiger partial charge in [-0.3, -0.25) is 0 Å². The Labute approximate surface area is 136 Å². The predicted octanol–water partition coefficient (Wildman–Crippen LogP) is 4.90. The number of hydrogen-bond donors (Lipinski definition) is 0. The van der Waals surface area contributed by atoms with Gasteiger partial charge in [-0.05, 0) is 69.7 Å². The predicted molar refractivity (Wildman–Crippen MR) is 85.9 cm³/mol. The van der Waals surface area contributed by atoms with Crippen molar-refractivity contribution < 1.29 is 13.9 Å². The van der Waals surface area contributed by atoms with Crippen molar-refractivity contribution in [3.05, 3.63) is 34.1 Å². The lowest BCUT2D eigenvalue weighted by Crippen LogP contribution is -2.41. The molecule has 0 atom stereocenters. The molecule has 1 fully saturated rings. The van der Waals surface area contributed by atoms with Gasteiger partial charge in [-0.2, -0.15) is 0 Å². The van der Waals surface area contributed by atoms with Crippen molar-refractivity contribution in [2.75, 3.05) is 13.1 Å². The van der Waals surface area contributed by atoms with Gasteiger partial charge in [0.25, 0.3) is 0 Å². The van der Waals surface area contributed by atoms with Crippen molar-refractivity contribution in [2.45, 2.75) is 52.1 Å². The van der Waals surface area contributed by atoms with Crippen LogP contribution in [0, 0.1) is 12.7 Å². The Balaban J connectivity index is 2.01. The second-order valence-electron chi connectivity index (χ2n) is 6.86. The highest BCUT2D eigenvalue weighted by Crippen LogP contribution is 2.33. The molecule has 1 heterocycles. The summed E-state index contributed by atoms with van der Waals surface area (Å²) in [5.41, 5.74) is 1.51. The highest BCUT2D eigenvalue weighted by Gasteiger charge is 2.28. The topological polar surface area (TPSA) is 29.5 Å². The third-order valence-electron chi connectivity index (χ3n) is 3.90. The summed E-state index contributed by atoms with van der Waals surface area (Å²) in [7, 11) is 0. The van der Waals surface area contributed by atoms with Crippen LogP contribution < -0.4 is 0 Å². The number of likely N-dealkylation sites (tertiary alicyclic amines) is 1. The second kappa shape index (κ2) is 6.45. The molecule has 22 heavy (non-hydrogen) atoms. The molecular weight excluding hydrogens is 305 g/mol. The zero-order chi connectivity index (χ0) is 16.5. The zero-order valence-corrected chi connectivity index (χ0v) is 14.3. The molecular formula is C17H23ClFNO2. The summed E-state index contributed by atoms with van der Waals surface area (Å²) in [5, 5.41) is 0.160. The van der Waals surface area contributed by atoms with E-state index in [1.54, 1.807) is 11.0 Å². The van der Waals surface area contributed by atoms with Crippen LogP contribution in [0.4, 0.5) is 9.18 Å². The van der Waals surface area contributed by atoms with Gasteiger partial charge in [0, 0.05) is 13.1 Å². The molecule has 1 saturated heterocycles. The number of hydrogen-bond acceptors (Lipinski definition) is 2. The Bertz CT molecular complexity index is 561. The van der Waals surface area contributed by atoms with Crippen LogP contribution in [0.1, 0.15) is 50.7 Å². The molecule has 2 rings (SSSR count). The van der Waals surface area contributed by atoms with Crippen LogP contribution in [0.25, 0.3) is 0 Å². The molecule has 122 valence electrons. The summed E-state index contributed by atoms with van der Waals surface area (Å²) >= 11 is 5.81. The second-order valence-corrected chi connectivity index (χ2v) is 7.27. The summed E-state index contributed by atoms with van der Waals surface area (Å²) in [6, 6.07) is 3.21. The highest BCUT2D eigenvalue weighted by molar-refractivity contribution is 6.30. The Morgan fingerprint density at radius 2 is 1.91 bits per heavy atom. The SMILES string of the molecule is Cc1cc(Cl)c(F)cc1C1CCN(C(=O)OC(C)(C)C)CC1. The van der Waals surface area contributed by atoms with Gasteiger partial charge in [-0.25, -0.2) is 9.18 Å². The lowest BCUT2D eigenvalue weighted by atomic mass is 9.87. The average molecular weight is 328 g/mol. The normalized spacial score (nSPS) is 16.7. The van der Waals surface area contributed by atoms with Gasteiger partial charge >= 0.3 is 6.09 Å². The first-order valence-electron chi connectivity index (χ1n) is 7.61. The van der Waals surface area contributed by atoms with E-state index in [-0.39, 0.29) is 22.9 Å². The molecule has 0 unspecified atom stereocenters. The van der Waals surface area contributed by atoms with Gasteiger partial charge in [0.05, 0.1) is 5.02 Å². The number of ether oxygens (including phenoxy) is 1. The van der Waals surface area contributed by atoms with Gasteiger partial charge in [0.15, 0.2) is 0 Å². The Hall–Kier alpha value is -1.29. The van der Waals surface area contributed by atoms with Crippen molar-refractivity contribution in [1.82, 2.24) is 4.90 Å². The number of carbonyl (C=O) groups is 1. The smallest absolute Gasteiger partial charge is 0.410 e. The summed E-state index contributed by atoms with van der Waals surface area (Å²) in [5.74, 6) is -0.123. The first-order valence-corrected chi connectivity index (χ1v) is 7.98. The van der Waals surface area contributed by atoms with E-state index in [2.05, 4.69) is 0 Å². The van der Waals surface area contributed by atoms with Crippen molar-refractivity contribution in [1.29, 1.82) is 0 Å². The molecule has 0 N–H and O–H groups in total. The standard InChI is InChI=1S/C17H23ClFNO2/c1-11-9-14(18)15(19)10-13(11)12-5-7-20(8-6-12)16(21)22-17(2,3)4/h9-10,12H,5-8H2,1-4H3. The van der Waals surface area contributed by atoms with E-state index in [9.17, 15) is 9.18 Å². The molecule has 0 spiro atoms. The summed E-state index contributed by atoms with van der Waals surface area (Å²) in [4.78, 5) is 13.8. The van der Waals surface area contributed by atoms with Gasteiger partial charge in [-0.15, -0.1) is 0 Å². The van der Waals surface area contributed by atoms with Crippen LogP contribution >= 0.6 is 11.6 Å². The minimum Gasteiger partial charge on any atom is -0.444 e. The molecule has 0 saturated carbocycles. The monoisotopic (exact) mass is 327 g/mol. The molecule has 5 heteroatoms. The van der Waals surface area contributed by atoms with Crippen molar-refractivity contribution in [2.24, 2.45) is 0 Å². The van der Waals surface area contributed by atoms with Crippen LogP contribution in [0.3, 0.4) is 0 Å². The number of benzene rings is 1. The lowest BCUT2D eigenvalue weighted by molar-refractivity contribution is 0.0204. The number of nitrogens with zero attached hydrogens (tertiary/aromatic N) is 1. The van der Waals surface area contributed by atoms with Crippen LogP contribution in [0.2, 0.25) is 5.02 Å². The third-order valence-corrected chi connectivity index (χ3v) is 4.19. The van der Waals surface area contributed by atoms with E-state index in [0.717, 1.165) is 24.0 Å². The maximum Gasteiger partial charge on any atom is 0.410 e. The minimum atomic E-state index is -0.482. The molecule has 0 bridgehead atoms. The molecule has 1 aromatic carbocycles. The van der Waals surface area contributed by atoms with Crippen molar-refractivity contribution >= 4 is 17.7 Å². The third kappa shape index (κ3) is 4.13. The molecule has 1 amide bonds. The van der Waals surface area contributed by atoms with Crippen molar-refractivity contribution in [3.8, 4) is 0 Å². The van der Waals surface area contributed by atoms with Crippen LogP contribution in [-0.4, -0.2) is 29.7 Å². The summed E-state index contributed by atoms with van der Waals surface area (Å²) < 4.78 is 19.1. The van der Waals surface area contributed by atoms with Gasteiger partial charge in [0.1, 0.15) is 11.4 Å². The fourth-order valence-electron chi connectivity index (χ4n) is 2.80.